The van der Waals surface area contributed by atoms with E-state index in [0.29, 0.717) is 16.8 Å². The highest BCUT2D eigenvalue weighted by Crippen LogP contribution is 2.13. The summed E-state index contributed by atoms with van der Waals surface area (Å²) in [5.41, 5.74) is 1.59. The molecule has 0 unspecified atom stereocenters. The summed E-state index contributed by atoms with van der Waals surface area (Å²) in [5, 5.41) is 30.9. The highest BCUT2D eigenvalue weighted by Gasteiger charge is 2.05. The molecule has 0 aliphatic rings. The van der Waals surface area contributed by atoms with Gasteiger partial charge < -0.3 is 5.21 Å². The number of aromatic nitrogens is 4. The van der Waals surface area contributed by atoms with Gasteiger partial charge in [-0.3, -0.25) is 0 Å². The molecule has 2 rings (SSSR count). The highest BCUT2D eigenvalue weighted by atomic mass is 16.4. The molecule has 0 atom stereocenters. The van der Waals surface area contributed by atoms with Crippen molar-refractivity contribution in [1.82, 2.24) is 20.2 Å². The Balaban J connectivity index is 2.53. The largest absolute Gasteiger partial charge is 0.411 e. The van der Waals surface area contributed by atoms with Gasteiger partial charge in [0, 0.05) is 0 Å². The maximum Gasteiger partial charge on any atom is 0.143 e. The lowest BCUT2D eigenvalue weighted by molar-refractivity contribution is 0.322. The lowest BCUT2D eigenvalue weighted by Gasteiger charge is -2.02. The molecular formula is C9H6N6O. The molecular weight excluding hydrogens is 208 g/mol. The van der Waals surface area contributed by atoms with E-state index >= 15 is 0 Å². The minimum Gasteiger partial charge on any atom is -0.411 e. The van der Waals surface area contributed by atoms with Gasteiger partial charge in [-0.15, -0.1) is 5.10 Å². The van der Waals surface area contributed by atoms with Crippen molar-refractivity contribution < 1.29 is 5.21 Å². The molecule has 2 aromatic rings. The van der Waals surface area contributed by atoms with Crippen molar-refractivity contribution in [3.05, 3.63) is 35.7 Å². The summed E-state index contributed by atoms with van der Waals surface area (Å²) in [6.07, 6.45) is 2.64. The predicted molar refractivity (Wildman–Crippen MR) is 53.2 cm³/mol. The Morgan fingerprint density at radius 1 is 1.50 bits per heavy atom. The fourth-order valence-electron chi connectivity index (χ4n) is 1.26. The zero-order valence-electron chi connectivity index (χ0n) is 8.02. The van der Waals surface area contributed by atoms with Crippen LogP contribution >= 0.6 is 0 Å². The molecule has 0 bridgehead atoms. The van der Waals surface area contributed by atoms with Gasteiger partial charge in [0.05, 0.1) is 17.5 Å². The van der Waals surface area contributed by atoms with E-state index in [0.717, 1.165) is 0 Å². The summed E-state index contributed by atoms with van der Waals surface area (Å²) in [6, 6.07) is 6.97. The highest BCUT2D eigenvalue weighted by molar-refractivity contribution is 5.80. The molecule has 78 valence electrons. The van der Waals surface area contributed by atoms with Crippen molar-refractivity contribution in [2.24, 2.45) is 5.16 Å². The minimum absolute atomic E-state index is 0.393. The lowest BCUT2D eigenvalue weighted by Crippen LogP contribution is -1.99. The molecule has 1 heterocycles. The Labute approximate surface area is 90.2 Å². The maximum atomic E-state index is 8.97. The van der Waals surface area contributed by atoms with Gasteiger partial charge in [0.1, 0.15) is 12.4 Å². The fourth-order valence-corrected chi connectivity index (χ4v) is 1.26. The second kappa shape index (κ2) is 4.18. The third-order valence-corrected chi connectivity index (χ3v) is 1.94. The Bertz CT molecular complexity index is 554. The third kappa shape index (κ3) is 1.72. The van der Waals surface area contributed by atoms with Crippen LogP contribution in [0.15, 0.2) is 29.7 Å². The SMILES string of the molecule is N#Cc1cc(C=NO)ccc1-n1cnnn1. The van der Waals surface area contributed by atoms with Crippen LogP contribution in [0.5, 0.6) is 0 Å². The van der Waals surface area contributed by atoms with E-state index in [-0.39, 0.29) is 0 Å². The summed E-state index contributed by atoms with van der Waals surface area (Å²) in [7, 11) is 0. The number of nitrogens with zero attached hydrogens (tertiary/aromatic N) is 6. The van der Waals surface area contributed by atoms with E-state index in [1.165, 1.54) is 17.2 Å². The van der Waals surface area contributed by atoms with E-state index < -0.39 is 0 Å². The molecule has 16 heavy (non-hydrogen) atoms. The second-order valence-corrected chi connectivity index (χ2v) is 2.89. The first-order valence-corrected chi connectivity index (χ1v) is 4.30. The summed E-state index contributed by atoms with van der Waals surface area (Å²) in [4.78, 5) is 0. The molecule has 0 aliphatic carbocycles. The van der Waals surface area contributed by atoms with Gasteiger partial charge in [-0.2, -0.15) is 9.94 Å². The second-order valence-electron chi connectivity index (χ2n) is 2.89. The van der Waals surface area contributed by atoms with Crippen LogP contribution in [0.25, 0.3) is 5.69 Å². The van der Waals surface area contributed by atoms with Crippen molar-refractivity contribution >= 4 is 6.21 Å². The molecule has 1 N–H and O–H groups in total. The van der Waals surface area contributed by atoms with Crippen molar-refractivity contribution in [3.8, 4) is 11.8 Å². The number of rotatable bonds is 2. The van der Waals surface area contributed by atoms with Crippen LogP contribution in [0.4, 0.5) is 0 Å². The van der Waals surface area contributed by atoms with Crippen LogP contribution in [-0.4, -0.2) is 31.6 Å². The van der Waals surface area contributed by atoms with Crippen molar-refractivity contribution in [3.63, 3.8) is 0 Å². The number of hydrogen-bond acceptors (Lipinski definition) is 6. The molecule has 0 spiro atoms. The normalized spacial score (nSPS) is 10.4. The molecule has 0 aliphatic heterocycles. The Morgan fingerprint density at radius 2 is 2.38 bits per heavy atom. The van der Waals surface area contributed by atoms with E-state index in [1.54, 1.807) is 18.2 Å². The number of tetrazole rings is 1. The first-order chi connectivity index (χ1) is 7.85. The predicted octanol–water partition coefficient (Wildman–Crippen LogP) is 0.342. The molecule has 0 radical (unpaired) electrons. The molecule has 7 nitrogen and oxygen atoms in total. The van der Waals surface area contributed by atoms with Gasteiger partial charge >= 0.3 is 0 Å². The molecule has 0 saturated heterocycles. The van der Waals surface area contributed by atoms with Gasteiger partial charge in [-0.05, 0) is 28.1 Å². The van der Waals surface area contributed by atoms with Crippen LogP contribution in [0, 0.1) is 11.3 Å². The zero-order chi connectivity index (χ0) is 11.4. The molecule has 0 saturated carbocycles. The van der Waals surface area contributed by atoms with Gasteiger partial charge in [0.15, 0.2) is 0 Å². The van der Waals surface area contributed by atoms with E-state index in [2.05, 4.69) is 20.7 Å². The van der Waals surface area contributed by atoms with Crippen LogP contribution in [0.2, 0.25) is 0 Å². The average Bonchev–Trinajstić information content (AvgIpc) is 2.83. The van der Waals surface area contributed by atoms with Gasteiger partial charge in [-0.25, -0.2) is 0 Å². The summed E-state index contributed by atoms with van der Waals surface area (Å²) < 4.78 is 1.39. The first kappa shape index (κ1) is 9.79. The Hall–Kier alpha value is -2.75. The van der Waals surface area contributed by atoms with E-state index in [1.807, 2.05) is 6.07 Å². The number of oxime groups is 1. The monoisotopic (exact) mass is 214 g/mol. The number of nitriles is 1. The molecule has 7 heteroatoms. The first-order valence-electron chi connectivity index (χ1n) is 4.30. The van der Waals surface area contributed by atoms with Gasteiger partial charge in [0.25, 0.3) is 0 Å². The van der Waals surface area contributed by atoms with Crippen LogP contribution < -0.4 is 0 Å². The standard InChI is InChI=1S/C9H6N6O/c10-4-8-3-7(5-12-16)1-2-9(8)15-6-11-13-14-15/h1-3,5-6,16H. The number of benzene rings is 1. The third-order valence-electron chi connectivity index (χ3n) is 1.94. The Morgan fingerprint density at radius 3 is 3.00 bits per heavy atom. The molecule has 0 fully saturated rings. The topological polar surface area (TPSA) is 100.0 Å². The van der Waals surface area contributed by atoms with Crippen LogP contribution in [-0.2, 0) is 0 Å². The van der Waals surface area contributed by atoms with E-state index in [4.69, 9.17) is 10.5 Å². The summed E-state index contributed by atoms with van der Waals surface area (Å²) >= 11 is 0. The van der Waals surface area contributed by atoms with Gasteiger partial charge in [-0.1, -0.05) is 11.2 Å². The molecule has 1 aromatic heterocycles. The van der Waals surface area contributed by atoms with Crippen molar-refractivity contribution in [2.75, 3.05) is 0 Å². The zero-order valence-corrected chi connectivity index (χ0v) is 8.02. The van der Waals surface area contributed by atoms with Crippen LogP contribution in [0.3, 0.4) is 0 Å². The summed E-state index contributed by atoms with van der Waals surface area (Å²) in [5.74, 6) is 0. The Kier molecular flexibility index (Phi) is 2.56. The lowest BCUT2D eigenvalue weighted by atomic mass is 10.1. The maximum absolute atomic E-state index is 8.97. The number of hydrogen-bond donors (Lipinski definition) is 1. The summed E-state index contributed by atoms with van der Waals surface area (Å²) in [6.45, 7) is 0. The quantitative estimate of drug-likeness (QED) is 0.441. The fraction of sp³-hybridized carbons (Fsp3) is 0. The molecule has 1 aromatic carbocycles. The molecule has 0 amide bonds. The smallest absolute Gasteiger partial charge is 0.143 e. The van der Waals surface area contributed by atoms with E-state index in [9.17, 15) is 0 Å². The van der Waals surface area contributed by atoms with Crippen molar-refractivity contribution in [2.45, 2.75) is 0 Å². The average molecular weight is 214 g/mol. The van der Waals surface area contributed by atoms with Gasteiger partial charge in [0.2, 0.25) is 0 Å². The van der Waals surface area contributed by atoms with Crippen LogP contribution in [0.1, 0.15) is 11.1 Å². The minimum atomic E-state index is 0.393. The van der Waals surface area contributed by atoms with Crippen molar-refractivity contribution in [1.29, 1.82) is 5.26 Å².